The minimum absolute atomic E-state index is 0.00772. The second kappa shape index (κ2) is 6.13. The van der Waals surface area contributed by atoms with Crippen molar-refractivity contribution in [2.24, 2.45) is 0 Å². The van der Waals surface area contributed by atoms with E-state index in [1.54, 1.807) is 26.0 Å². The second-order valence-electron chi connectivity index (χ2n) is 6.08. The summed E-state index contributed by atoms with van der Waals surface area (Å²) in [5, 5.41) is 19.8. The molecule has 0 spiro atoms. The number of aliphatic hydroxyl groups is 2. The fraction of sp³-hybridized carbons (Fsp3) is 0.222. The summed E-state index contributed by atoms with van der Waals surface area (Å²) in [4.78, 5) is 17.2. The lowest BCUT2D eigenvalue weighted by molar-refractivity contribution is -0.118. The molecule has 1 heterocycles. The Labute approximate surface area is 148 Å². The number of allylic oxidation sites excluding steroid dienone is 1. The fourth-order valence-electron chi connectivity index (χ4n) is 2.96. The van der Waals surface area contributed by atoms with E-state index in [1.165, 1.54) is 12.3 Å². The Bertz CT molecular complexity index is 908. The van der Waals surface area contributed by atoms with Crippen molar-refractivity contribution in [1.82, 2.24) is 4.98 Å². The number of aromatic nitrogens is 1. The van der Waals surface area contributed by atoms with Crippen molar-refractivity contribution < 1.29 is 24.1 Å². The van der Waals surface area contributed by atoms with E-state index < -0.39 is 29.6 Å². The van der Waals surface area contributed by atoms with E-state index in [0.717, 1.165) is 6.07 Å². The van der Waals surface area contributed by atoms with Gasteiger partial charge in [-0.25, -0.2) is 4.39 Å². The van der Waals surface area contributed by atoms with E-state index in [4.69, 9.17) is 21.4 Å². The van der Waals surface area contributed by atoms with Crippen LogP contribution in [0.15, 0.2) is 30.5 Å². The maximum absolute atomic E-state index is 14.6. The van der Waals surface area contributed by atoms with E-state index in [-0.39, 0.29) is 21.9 Å². The molecule has 25 heavy (non-hydrogen) atoms. The molecule has 0 unspecified atom stereocenters. The van der Waals surface area contributed by atoms with Gasteiger partial charge in [0.25, 0.3) is 0 Å². The van der Waals surface area contributed by atoms with Crippen LogP contribution in [0, 0.1) is 5.82 Å². The molecule has 0 atom stereocenters. The van der Waals surface area contributed by atoms with Crippen LogP contribution >= 0.6 is 11.6 Å². The van der Waals surface area contributed by atoms with Gasteiger partial charge in [-0.2, -0.15) is 0 Å². The Morgan fingerprint density at radius 1 is 1.32 bits per heavy atom. The highest BCUT2D eigenvalue weighted by Crippen LogP contribution is 2.46. The number of aliphatic hydroxyl groups excluding tert-OH is 2. The standard InChI is InChI=1S/C18H15ClFNO4/c1-18(2)16-9(4-3-7-21-16)14(23)13(17(18)24)12-11(20)6-5-10(19)15(12)25-8-22/h3-7,22-23H,8H2,1-2H3. The van der Waals surface area contributed by atoms with Crippen molar-refractivity contribution >= 4 is 28.7 Å². The first-order valence-corrected chi connectivity index (χ1v) is 7.84. The first-order valence-electron chi connectivity index (χ1n) is 7.46. The summed E-state index contributed by atoms with van der Waals surface area (Å²) in [6.07, 6.45) is 1.52. The van der Waals surface area contributed by atoms with Gasteiger partial charge in [0.05, 0.1) is 27.3 Å². The molecular weight excluding hydrogens is 349 g/mol. The average molecular weight is 364 g/mol. The zero-order chi connectivity index (χ0) is 18.4. The number of carbonyl (C=O) groups excluding carboxylic acids is 1. The lowest BCUT2D eigenvalue weighted by Crippen LogP contribution is -2.36. The highest BCUT2D eigenvalue weighted by atomic mass is 35.5. The number of fused-ring (bicyclic) bond motifs is 1. The number of rotatable bonds is 3. The molecule has 130 valence electrons. The lowest BCUT2D eigenvalue weighted by atomic mass is 9.72. The molecule has 1 aromatic heterocycles. The number of hydrogen-bond donors (Lipinski definition) is 2. The number of ether oxygens (including phenoxy) is 1. The van der Waals surface area contributed by atoms with Crippen LogP contribution in [0.2, 0.25) is 5.02 Å². The molecule has 0 saturated heterocycles. The molecule has 0 saturated carbocycles. The van der Waals surface area contributed by atoms with Crippen LogP contribution in [0.4, 0.5) is 4.39 Å². The summed E-state index contributed by atoms with van der Waals surface area (Å²) in [6.45, 7) is 2.52. The number of Topliss-reactive ketones (excluding diaryl/α,β-unsaturated/α-hetero) is 1. The Hall–Kier alpha value is -2.44. The number of ketones is 1. The zero-order valence-electron chi connectivity index (χ0n) is 13.5. The van der Waals surface area contributed by atoms with Gasteiger partial charge in [-0.3, -0.25) is 9.78 Å². The molecule has 3 rings (SSSR count). The third kappa shape index (κ3) is 2.58. The molecule has 7 heteroatoms. The topological polar surface area (TPSA) is 79.7 Å². The summed E-state index contributed by atoms with van der Waals surface area (Å²) in [6, 6.07) is 5.52. The van der Waals surface area contributed by atoms with Crippen LogP contribution in [0.25, 0.3) is 11.3 Å². The average Bonchev–Trinajstić information content (AvgIpc) is 2.59. The van der Waals surface area contributed by atoms with Gasteiger partial charge in [-0.05, 0) is 38.1 Å². The quantitative estimate of drug-likeness (QED) is 0.816. The van der Waals surface area contributed by atoms with Crippen LogP contribution in [0.3, 0.4) is 0 Å². The van der Waals surface area contributed by atoms with Crippen molar-refractivity contribution in [1.29, 1.82) is 0 Å². The molecule has 0 amide bonds. The molecule has 2 aromatic rings. The molecule has 1 aliphatic carbocycles. The Balaban J connectivity index is 2.39. The molecule has 0 bridgehead atoms. The van der Waals surface area contributed by atoms with E-state index in [9.17, 15) is 14.3 Å². The van der Waals surface area contributed by atoms with Crippen LogP contribution in [-0.2, 0) is 10.2 Å². The van der Waals surface area contributed by atoms with Crippen molar-refractivity contribution in [2.45, 2.75) is 19.3 Å². The summed E-state index contributed by atoms with van der Waals surface area (Å²) >= 11 is 6.04. The molecule has 0 fully saturated rings. The zero-order valence-corrected chi connectivity index (χ0v) is 14.3. The van der Waals surface area contributed by atoms with Crippen molar-refractivity contribution in [3.05, 3.63) is 58.1 Å². The predicted octanol–water partition coefficient (Wildman–Crippen LogP) is 3.49. The molecule has 0 radical (unpaired) electrons. The first kappa shape index (κ1) is 17.4. The van der Waals surface area contributed by atoms with Crippen molar-refractivity contribution in [3.63, 3.8) is 0 Å². The van der Waals surface area contributed by atoms with Gasteiger partial charge in [-0.15, -0.1) is 0 Å². The molecular formula is C18H15ClFNO4. The molecule has 5 nitrogen and oxygen atoms in total. The largest absolute Gasteiger partial charge is 0.506 e. The number of halogens is 2. The first-order chi connectivity index (χ1) is 11.8. The van der Waals surface area contributed by atoms with Crippen LogP contribution in [-0.4, -0.2) is 27.8 Å². The molecule has 1 aromatic carbocycles. The third-order valence-electron chi connectivity index (χ3n) is 4.20. The Morgan fingerprint density at radius 3 is 2.72 bits per heavy atom. The van der Waals surface area contributed by atoms with E-state index in [2.05, 4.69) is 4.98 Å². The van der Waals surface area contributed by atoms with Crippen molar-refractivity contribution in [3.8, 4) is 5.75 Å². The molecule has 1 aliphatic rings. The second-order valence-corrected chi connectivity index (χ2v) is 6.49. The van der Waals surface area contributed by atoms with Gasteiger partial charge in [-0.1, -0.05) is 11.6 Å². The summed E-state index contributed by atoms with van der Waals surface area (Å²) < 4.78 is 19.6. The SMILES string of the molecule is CC1(C)C(=O)C(c2c(F)ccc(Cl)c2OCO)=C(O)c2cccnc21. The number of pyridine rings is 1. The van der Waals surface area contributed by atoms with Gasteiger partial charge in [0.2, 0.25) is 0 Å². The molecule has 0 aliphatic heterocycles. The number of hydrogen-bond acceptors (Lipinski definition) is 5. The number of carbonyl (C=O) groups is 1. The van der Waals surface area contributed by atoms with Gasteiger partial charge in [0, 0.05) is 11.8 Å². The maximum Gasteiger partial charge on any atom is 0.186 e. The monoisotopic (exact) mass is 363 g/mol. The number of nitrogens with zero attached hydrogens (tertiary/aromatic N) is 1. The predicted molar refractivity (Wildman–Crippen MR) is 90.8 cm³/mol. The summed E-state index contributed by atoms with van der Waals surface area (Å²) in [5.74, 6) is -1.94. The minimum Gasteiger partial charge on any atom is -0.506 e. The van der Waals surface area contributed by atoms with Gasteiger partial charge < -0.3 is 14.9 Å². The minimum atomic E-state index is -1.09. The fourth-order valence-corrected chi connectivity index (χ4v) is 3.17. The highest BCUT2D eigenvalue weighted by Gasteiger charge is 2.44. The van der Waals surface area contributed by atoms with E-state index in [0.29, 0.717) is 11.3 Å². The maximum atomic E-state index is 14.6. The third-order valence-corrected chi connectivity index (χ3v) is 4.50. The van der Waals surface area contributed by atoms with Crippen molar-refractivity contribution in [2.75, 3.05) is 6.79 Å². The summed E-state index contributed by atoms with van der Waals surface area (Å²) in [5.41, 5.74) is -0.908. The van der Waals surface area contributed by atoms with Gasteiger partial charge >= 0.3 is 0 Å². The number of benzene rings is 1. The van der Waals surface area contributed by atoms with Gasteiger partial charge in [0.15, 0.2) is 18.3 Å². The van der Waals surface area contributed by atoms with Gasteiger partial charge in [0.1, 0.15) is 11.6 Å². The van der Waals surface area contributed by atoms with Crippen LogP contribution in [0.1, 0.15) is 30.7 Å². The molecule has 2 N–H and O–H groups in total. The van der Waals surface area contributed by atoms with Crippen LogP contribution < -0.4 is 4.74 Å². The van der Waals surface area contributed by atoms with E-state index in [1.807, 2.05) is 0 Å². The Kier molecular flexibility index (Phi) is 4.26. The lowest BCUT2D eigenvalue weighted by Gasteiger charge is -2.31. The smallest absolute Gasteiger partial charge is 0.186 e. The normalized spacial score (nSPS) is 16.0. The van der Waals surface area contributed by atoms with Crippen LogP contribution in [0.5, 0.6) is 5.75 Å². The van der Waals surface area contributed by atoms with E-state index >= 15 is 0 Å². The highest BCUT2D eigenvalue weighted by molar-refractivity contribution is 6.35. The Morgan fingerprint density at radius 2 is 2.04 bits per heavy atom. The summed E-state index contributed by atoms with van der Waals surface area (Å²) in [7, 11) is 0.